The van der Waals surface area contributed by atoms with E-state index < -0.39 is 0 Å². The smallest absolute Gasteiger partial charge is 0.499 e. The second-order valence-corrected chi connectivity index (χ2v) is 11.6. The molecule has 5 aromatic carbocycles. The van der Waals surface area contributed by atoms with Gasteiger partial charge in [-0.1, -0.05) is 89.7 Å². The maximum atomic E-state index is 4.41. The third-order valence-corrected chi connectivity index (χ3v) is 8.73. The number of aryl methyl sites for hydroxylation is 3. The molecule has 224 valence electrons. The van der Waals surface area contributed by atoms with Crippen LogP contribution in [0.4, 0.5) is 11.4 Å². The van der Waals surface area contributed by atoms with Crippen LogP contribution in [-0.2, 0) is 20.1 Å². The molecule has 0 aliphatic carbocycles. The van der Waals surface area contributed by atoms with Gasteiger partial charge >= 0.3 is 20.1 Å². The SMILES string of the molecule is Cc1c[c-]c(-c2cc(C)c(C)cn2)cc1.[Ir+3].[c-]1ccc2c(c1N1C=CN(c3ccccc3)[CH-]1)c1cccc3c4ccccc4n2c31. The fraction of sp³-hybridized carbons (Fsp3) is 0.0732. The van der Waals surface area contributed by atoms with E-state index in [1.807, 2.05) is 24.4 Å². The summed E-state index contributed by atoms with van der Waals surface area (Å²) in [4.78, 5) is 8.71. The Morgan fingerprint density at radius 1 is 0.674 bits per heavy atom. The van der Waals surface area contributed by atoms with Gasteiger partial charge in [-0.3, -0.25) is 0 Å². The molecule has 3 aromatic heterocycles. The molecule has 4 nitrogen and oxygen atoms in total. The summed E-state index contributed by atoms with van der Waals surface area (Å²) < 4.78 is 2.40. The van der Waals surface area contributed by atoms with E-state index in [4.69, 9.17) is 0 Å². The van der Waals surface area contributed by atoms with Crippen LogP contribution in [0.15, 0.2) is 128 Å². The van der Waals surface area contributed by atoms with E-state index in [2.05, 4.69) is 162 Å². The first kappa shape index (κ1) is 29.7. The van der Waals surface area contributed by atoms with E-state index in [-0.39, 0.29) is 20.1 Å². The minimum atomic E-state index is 0. The Kier molecular flexibility index (Phi) is 7.82. The zero-order valence-electron chi connectivity index (χ0n) is 25.8. The standard InChI is InChI=1S/C27H17N3.C14H14N.Ir/c1-2-8-19(9-3-1)28-16-17-29(18-28)24-14-7-15-25-26(24)22-12-6-11-21-20-10-4-5-13-23(20)30(25)27(21)22;1-10-4-6-13(7-5-10)14-8-11(2)12(3)9-15-14;/h1-13,15-18H;4-6,8-9H,1-3H3;/q-2;-1;+3. The van der Waals surface area contributed by atoms with Crippen LogP contribution in [0.3, 0.4) is 0 Å². The molecule has 0 amide bonds. The van der Waals surface area contributed by atoms with Crippen LogP contribution < -0.4 is 9.80 Å². The second kappa shape index (κ2) is 12.1. The first-order chi connectivity index (χ1) is 22.1. The van der Waals surface area contributed by atoms with Crippen molar-refractivity contribution in [2.45, 2.75) is 20.8 Å². The number of anilines is 2. The van der Waals surface area contributed by atoms with E-state index in [0.29, 0.717) is 0 Å². The summed E-state index contributed by atoms with van der Waals surface area (Å²) in [6, 6.07) is 44.9. The number of aromatic nitrogens is 2. The predicted molar refractivity (Wildman–Crippen MR) is 187 cm³/mol. The van der Waals surface area contributed by atoms with Crippen molar-refractivity contribution in [2.24, 2.45) is 0 Å². The summed E-state index contributed by atoms with van der Waals surface area (Å²) in [5.41, 5.74) is 11.8. The number of nitrogens with zero attached hydrogens (tertiary/aromatic N) is 4. The molecule has 0 atom stereocenters. The van der Waals surface area contributed by atoms with Crippen molar-refractivity contribution in [2.75, 3.05) is 9.80 Å². The third-order valence-electron chi connectivity index (χ3n) is 8.73. The molecule has 0 saturated carbocycles. The molecule has 1 aliphatic heterocycles. The molecule has 46 heavy (non-hydrogen) atoms. The fourth-order valence-electron chi connectivity index (χ4n) is 6.28. The minimum absolute atomic E-state index is 0. The van der Waals surface area contributed by atoms with Crippen LogP contribution in [0, 0.1) is 39.6 Å². The topological polar surface area (TPSA) is 23.8 Å². The van der Waals surface area contributed by atoms with Gasteiger partial charge in [0.2, 0.25) is 0 Å². The number of rotatable bonds is 3. The van der Waals surface area contributed by atoms with E-state index >= 15 is 0 Å². The van der Waals surface area contributed by atoms with Crippen molar-refractivity contribution in [1.29, 1.82) is 0 Å². The number of para-hydroxylation sites is 3. The van der Waals surface area contributed by atoms with Crippen LogP contribution in [0.1, 0.15) is 16.7 Å². The van der Waals surface area contributed by atoms with Gasteiger partial charge in [0.15, 0.2) is 0 Å². The van der Waals surface area contributed by atoms with Gasteiger partial charge in [-0.2, -0.15) is 12.1 Å². The number of pyridine rings is 1. The Hall–Kier alpha value is -4.96. The molecule has 0 fully saturated rings. The quantitative estimate of drug-likeness (QED) is 0.167. The Morgan fingerprint density at radius 2 is 1.43 bits per heavy atom. The average Bonchev–Trinajstić information content (AvgIpc) is 3.80. The molecular weight excluding hydrogens is 741 g/mol. The van der Waals surface area contributed by atoms with Crippen molar-refractivity contribution < 1.29 is 20.1 Å². The number of benzene rings is 5. The summed E-state index contributed by atoms with van der Waals surface area (Å²) in [6.45, 7) is 8.36. The first-order valence-electron chi connectivity index (χ1n) is 15.2. The van der Waals surface area contributed by atoms with Crippen LogP contribution in [-0.4, -0.2) is 9.38 Å². The normalized spacial score (nSPS) is 12.7. The summed E-state index contributed by atoms with van der Waals surface area (Å²) in [6.07, 6.45) is 6.11. The number of fused-ring (bicyclic) bond motifs is 6. The van der Waals surface area contributed by atoms with Crippen LogP contribution in [0.25, 0.3) is 49.4 Å². The summed E-state index contributed by atoms with van der Waals surface area (Å²) in [7, 11) is 0. The van der Waals surface area contributed by atoms with Crippen molar-refractivity contribution in [3.63, 3.8) is 0 Å². The summed E-state index contributed by atoms with van der Waals surface area (Å²) in [5.74, 6) is 0. The maximum Gasteiger partial charge on any atom is 3.00 e. The molecule has 0 radical (unpaired) electrons. The van der Waals surface area contributed by atoms with E-state index in [9.17, 15) is 0 Å². The Bertz CT molecular complexity index is 2340. The molecule has 0 unspecified atom stereocenters. The molecule has 0 bridgehead atoms. The van der Waals surface area contributed by atoms with Gasteiger partial charge in [0.05, 0.1) is 5.52 Å². The zero-order chi connectivity index (χ0) is 30.5. The van der Waals surface area contributed by atoms with Gasteiger partial charge < -0.3 is 19.2 Å². The van der Waals surface area contributed by atoms with Gasteiger partial charge in [0.1, 0.15) is 0 Å². The molecule has 0 N–H and O–H groups in total. The molecule has 0 spiro atoms. The largest absolute Gasteiger partial charge is 3.00 e. The van der Waals surface area contributed by atoms with Crippen molar-refractivity contribution in [1.82, 2.24) is 9.38 Å². The third kappa shape index (κ3) is 5.02. The monoisotopic (exact) mass is 772 g/mol. The Balaban J connectivity index is 0.000000180. The molecule has 9 rings (SSSR count). The van der Waals surface area contributed by atoms with Crippen LogP contribution >= 0.6 is 0 Å². The molecular formula is C41H31IrN4. The van der Waals surface area contributed by atoms with Gasteiger partial charge in [-0.05, 0) is 61.1 Å². The van der Waals surface area contributed by atoms with Gasteiger partial charge in [0.25, 0.3) is 0 Å². The molecule has 8 aromatic rings. The maximum absolute atomic E-state index is 4.41. The van der Waals surface area contributed by atoms with Crippen molar-refractivity contribution >= 4 is 49.5 Å². The van der Waals surface area contributed by atoms with E-state index in [1.54, 1.807) is 0 Å². The minimum Gasteiger partial charge on any atom is -0.499 e. The van der Waals surface area contributed by atoms with Crippen LogP contribution in [0.5, 0.6) is 0 Å². The Morgan fingerprint density at radius 3 is 2.24 bits per heavy atom. The van der Waals surface area contributed by atoms with Gasteiger partial charge in [0, 0.05) is 28.2 Å². The zero-order valence-corrected chi connectivity index (χ0v) is 28.2. The van der Waals surface area contributed by atoms with Crippen LogP contribution in [0.2, 0.25) is 0 Å². The van der Waals surface area contributed by atoms with Crippen molar-refractivity contribution in [3.8, 4) is 11.3 Å². The first-order valence-corrected chi connectivity index (χ1v) is 15.2. The average molecular weight is 772 g/mol. The summed E-state index contributed by atoms with van der Waals surface area (Å²) in [5, 5.41) is 5.11. The van der Waals surface area contributed by atoms with E-state index in [1.165, 1.54) is 54.8 Å². The predicted octanol–water partition coefficient (Wildman–Crippen LogP) is 10.0. The van der Waals surface area contributed by atoms with Gasteiger partial charge in [-0.15, -0.1) is 48.1 Å². The molecule has 0 saturated heterocycles. The van der Waals surface area contributed by atoms with Gasteiger partial charge in [-0.25, -0.2) is 0 Å². The second-order valence-electron chi connectivity index (χ2n) is 11.6. The Labute approximate surface area is 282 Å². The molecule has 5 heteroatoms. The summed E-state index contributed by atoms with van der Waals surface area (Å²) >= 11 is 0. The fourth-order valence-corrected chi connectivity index (χ4v) is 6.28. The number of hydrogen-bond donors (Lipinski definition) is 0. The number of hydrogen-bond acceptors (Lipinski definition) is 3. The van der Waals surface area contributed by atoms with E-state index in [0.717, 1.165) is 22.6 Å². The van der Waals surface area contributed by atoms with Crippen molar-refractivity contribution in [3.05, 3.63) is 163 Å². The molecule has 4 heterocycles. The molecule has 1 aliphatic rings.